The molecule has 2 rings (SSSR count). The van der Waals surface area contributed by atoms with Gasteiger partial charge >= 0.3 is 12.1 Å². The second kappa shape index (κ2) is 7.51. The smallest absolute Gasteiger partial charge is 0.416 e. The molecular formula is C19H17F3O3. The van der Waals surface area contributed by atoms with Crippen LogP contribution in [-0.2, 0) is 15.7 Å². The lowest BCUT2D eigenvalue weighted by atomic mass is 9.87. The summed E-state index contributed by atoms with van der Waals surface area (Å²) in [5.74, 6) is -3.39. The minimum absolute atomic E-state index is 0.0370. The van der Waals surface area contributed by atoms with E-state index in [1.54, 1.807) is 12.1 Å². The first-order chi connectivity index (χ1) is 11.8. The van der Waals surface area contributed by atoms with Crippen molar-refractivity contribution < 1.29 is 27.5 Å². The number of carbonyl (C=O) groups excluding carboxylic acids is 2. The SMILES string of the molecule is CCOC(=O)C(C(=O)c1ccc(C)cc1)c1ccccc1C(F)(F)F. The Labute approximate surface area is 143 Å². The Hall–Kier alpha value is -2.63. The van der Waals surface area contributed by atoms with Gasteiger partial charge in [-0.15, -0.1) is 0 Å². The lowest BCUT2D eigenvalue weighted by molar-refractivity contribution is -0.144. The summed E-state index contributed by atoms with van der Waals surface area (Å²) in [7, 11) is 0. The number of ketones is 1. The monoisotopic (exact) mass is 350 g/mol. The molecule has 25 heavy (non-hydrogen) atoms. The summed E-state index contributed by atoms with van der Waals surface area (Å²) in [6.07, 6.45) is -4.69. The maximum atomic E-state index is 13.3. The molecule has 6 heteroatoms. The number of hydrogen-bond donors (Lipinski definition) is 0. The third-order valence-corrected chi connectivity index (χ3v) is 3.70. The van der Waals surface area contributed by atoms with Crippen LogP contribution in [0.4, 0.5) is 13.2 Å². The van der Waals surface area contributed by atoms with Crippen molar-refractivity contribution in [1.82, 2.24) is 0 Å². The molecule has 0 aliphatic carbocycles. The van der Waals surface area contributed by atoms with Crippen molar-refractivity contribution in [2.45, 2.75) is 25.9 Å². The van der Waals surface area contributed by atoms with Gasteiger partial charge < -0.3 is 4.74 Å². The average Bonchev–Trinajstić information content (AvgIpc) is 2.55. The molecule has 0 saturated carbocycles. The first-order valence-corrected chi connectivity index (χ1v) is 7.69. The zero-order valence-corrected chi connectivity index (χ0v) is 13.8. The lowest BCUT2D eigenvalue weighted by Crippen LogP contribution is -2.27. The molecule has 0 bridgehead atoms. The van der Waals surface area contributed by atoms with Crippen molar-refractivity contribution >= 4 is 11.8 Å². The van der Waals surface area contributed by atoms with Crippen molar-refractivity contribution in [2.75, 3.05) is 6.61 Å². The predicted molar refractivity (Wildman–Crippen MR) is 86.3 cm³/mol. The van der Waals surface area contributed by atoms with Gasteiger partial charge in [-0.1, -0.05) is 48.0 Å². The van der Waals surface area contributed by atoms with E-state index in [9.17, 15) is 22.8 Å². The molecule has 0 spiro atoms. The van der Waals surface area contributed by atoms with Crippen LogP contribution in [0.5, 0.6) is 0 Å². The standard InChI is InChI=1S/C19H17F3O3/c1-3-25-18(24)16(17(23)13-10-8-12(2)9-11-13)14-6-4-5-7-15(14)19(20,21)22/h4-11,16H,3H2,1-2H3. The number of ether oxygens (including phenoxy) is 1. The normalized spacial score (nSPS) is 12.5. The second-order valence-corrected chi connectivity index (χ2v) is 5.50. The van der Waals surface area contributed by atoms with Gasteiger partial charge in [0.15, 0.2) is 5.78 Å². The molecule has 0 aromatic heterocycles. The van der Waals surface area contributed by atoms with Gasteiger partial charge in [0.25, 0.3) is 0 Å². The van der Waals surface area contributed by atoms with Crippen LogP contribution in [0.1, 0.15) is 39.9 Å². The fraction of sp³-hybridized carbons (Fsp3) is 0.263. The van der Waals surface area contributed by atoms with Gasteiger partial charge in [-0.3, -0.25) is 9.59 Å². The lowest BCUT2D eigenvalue weighted by Gasteiger charge is -2.19. The Bertz CT molecular complexity index is 764. The van der Waals surface area contributed by atoms with Gasteiger partial charge in [0.2, 0.25) is 0 Å². The molecule has 0 heterocycles. The summed E-state index contributed by atoms with van der Waals surface area (Å²) >= 11 is 0. The summed E-state index contributed by atoms with van der Waals surface area (Å²) in [6.45, 7) is 3.31. The predicted octanol–water partition coefficient (Wildman–Crippen LogP) is 4.54. The summed E-state index contributed by atoms with van der Waals surface area (Å²) in [4.78, 5) is 25.1. The molecule has 0 saturated heterocycles. The highest BCUT2D eigenvalue weighted by Crippen LogP contribution is 2.36. The summed E-state index contributed by atoms with van der Waals surface area (Å²) in [6, 6.07) is 10.8. The number of carbonyl (C=O) groups is 2. The molecule has 132 valence electrons. The molecule has 3 nitrogen and oxygen atoms in total. The van der Waals surface area contributed by atoms with Gasteiger partial charge in [-0.25, -0.2) is 0 Å². The Morgan fingerprint density at radius 3 is 2.20 bits per heavy atom. The minimum atomic E-state index is -4.69. The van der Waals surface area contributed by atoms with Crippen LogP contribution >= 0.6 is 0 Å². The molecule has 1 unspecified atom stereocenters. The highest BCUT2D eigenvalue weighted by atomic mass is 19.4. The Morgan fingerprint density at radius 2 is 1.64 bits per heavy atom. The quantitative estimate of drug-likeness (QED) is 0.452. The summed E-state index contributed by atoms with van der Waals surface area (Å²) < 4.78 is 44.8. The van der Waals surface area contributed by atoms with E-state index in [2.05, 4.69) is 0 Å². The Morgan fingerprint density at radius 1 is 1.04 bits per heavy atom. The summed E-state index contributed by atoms with van der Waals surface area (Å²) in [5.41, 5.74) is -0.381. The van der Waals surface area contributed by atoms with Crippen molar-refractivity contribution in [3.8, 4) is 0 Å². The first-order valence-electron chi connectivity index (χ1n) is 7.69. The molecule has 0 amide bonds. The van der Waals surface area contributed by atoms with E-state index < -0.39 is 35.0 Å². The van der Waals surface area contributed by atoms with Crippen LogP contribution in [0.15, 0.2) is 48.5 Å². The van der Waals surface area contributed by atoms with Gasteiger partial charge in [0.1, 0.15) is 5.92 Å². The maximum absolute atomic E-state index is 13.3. The third kappa shape index (κ3) is 4.26. The molecule has 2 aromatic rings. The van der Waals surface area contributed by atoms with Crippen molar-refractivity contribution in [3.05, 3.63) is 70.8 Å². The molecule has 2 aromatic carbocycles. The van der Waals surface area contributed by atoms with E-state index >= 15 is 0 Å². The zero-order valence-electron chi connectivity index (χ0n) is 13.8. The van der Waals surface area contributed by atoms with Crippen LogP contribution in [0.3, 0.4) is 0 Å². The third-order valence-electron chi connectivity index (χ3n) is 3.70. The molecular weight excluding hydrogens is 333 g/mol. The molecule has 0 aliphatic rings. The van der Waals surface area contributed by atoms with E-state index in [-0.39, 0.29) is 12.2 Å². The van der Waals surface area contributed by atoms with Crippen molar-refractivity contribution in [1.29, 1.82) is 0 Å². The molecule has 1 atom stereocenters. The van der Waals surface area contributed by atoms with E-state index in [4.69, 9.17) is 4.74 Å². The van der Waals surface area contributed by atoms with E-state index in [1.165, 1.54) is 31.2 Å². The van der Waals surface area contributed by atoms with Gasteiger partial charge in [-0.05, 0) is 25.5 Å². The number of esters is 1. The van der Waals surface area contributed by atoms with Crippen molar-refractivity contribution in [2.24, 2.45) is 0 Å². The van der Waals surface area contributed by atoms with Crippen LogP contribution in [0.25, 0.3) is 0 Å². The second-order valence-electron chi connectivity index (χ2n) is 5.50. The highest BCUT2D eigenvalue weighted by Gasteiger charge is 2.40. The number of aryl methyl sites for hydroxylation is 1. The van der Waals surface area contributed by atoms with E-state index in [1.807, 2.05) is 6.92 Å². The fourth-order valence-corrected chi connectivity index (χ4v) is 2.49. The molecule has 0 aliphatic heterocycles. The van der Waals surface area contributed by atoms with E-state index in [0.29, 0.717) is 0 Å². The average molecular weight is 350 g/mol. The number of halogens is 3. The first kappa shape index (κ1) is 18.7. The van der Waals surface area contributed by atoms with Crippen LogP contribution < -0.4 is 0 Å². The zero-order chi connectivity index (χ0) is 18.6. The number of benzene rings is 2. The molecule has 0 fully saturated rings. The highest BCUT2D eigenvalue weighted by molar-refractivity contribution is 6.13. The van der Waals surface area contributed by atoms with Gasteiger partial charge in [0.05, 0.1) is 12.2 Å². The Balaban J connectivity index is 2.56. The minimum Gasteiger partial charge on any atom is -0.465 e. The van der Waals surface area contributed by atoms with Crippen LogP contribution in [0, 0.1) is 6.92 Å². The largest absolute Gasteiger partial charge is 0.465 e. The fourth-order valence-electron chi connectivity index (χ4n) is 2.49. The molecule has 0 radical (unpaired) electrons. The molecule has 0 N–H and O–H groups in total. The Kier molecular flexibility index (Phi) is 5.62. The van der Waals surface area contributed by atoms with Gasteiger partial charge in [0, 0.05) is 5.56 Å². The van der Waals surface area contributed by atoms with Crippen LogP contribution in [-0.4, -0.2) is 18.4 Å². The number of rotatable bonds is 5. The van der Waals surface area contributed by atoms with E-state index in [0.717, 1.165) is 17.7 Å². The maximum Gasteiger partial charge on any atom is 0.416 e. The topological polar surface area (TPSA) is 43.4 Å². The van der Waals surface area contributed by atoms with Crippen LogP contribution in [0.2, 0.25) is 0 Å². The number of hydrogen-bond acceptors (Lipinski definition) is 3. The number of Topliss-reactive ketones (excluding diaryl/α,β-unsaturated/α-hetero) is 1. The summed E-state index contributed by atoms with van der Waals surface area (Å²) in [5, 5.41) is 0. The number of alkyl halides is 3. The van der Waals surface area contributed by atoms with Gasteiger partial charge in [-0.2, -0.15) is 13.2 Å². The van der Waals surface area contributed by atoms with Crippen molar-refractivity contribution in [3.63, 3.8) is 0 Å².